The Labute approximate surface area is 171 Å². The molecule has 3 aromatic rings. The zero-order chi connectivity index (χ0) is 24.7. The standard InChI is InChI=1S/C22H24F2N2O2/c1-26(2)10-9-15-13-25-18-6-4-8-20(21(15)18)27-16-11-14-5-3-7-19(17(14)12-16)28-22(23)24/h3-8,13,16,22,25H,9-12H2,1-2H3/t16-/m1/s1/i1D3,2D3. The Morgan fingerprint density at radius 2 is 2.00 bits per heavy atom. The molecule has 0 saturated heterocycles. The van der Waals surface area contributed by atoms with Gasteiger partial charge < -0.3 is 19.4 Å². The molecule has 6 heteroatoms. The average Bonchev–Trinajstić information content (AvgIpc) is 3.31. The van der Waals surface area contributed by atoms with Gasteiger partial charge in [-0.25, -0.2) is 0 Å². The van der Waals surface area contributed by atoms with E-state index in [0.717, 1.165) is 22.0 Å². The van der Waals surface area contributed by atoms with E-state index < -0.39 is 20.6 Å². The molecule has 4 rings (SSSR count). The molecule has 0 unspecified atom stereocenters. The lowest BCUT2D eigenvalue weighted by Gasteiger charge is -2.16. The van der Waals surface area contributed by atoms with Gasteiger partial charge in [0.25, 0.3) is 0 Å². The third-order valence-corrected chi connectivity index (χ3v) is 4.97. The second kappa shape index (κ2) is 7.80. The summed E-state index contributed by atoms with van der Waals surface area (Å²) < 4.78 is 81.8. The number of hydrogen-bond acceptors (Lipinski definition) is 3. The topological polar surface area (TPSA) is 37.5 Å². The highest BCUT2D eigenvalue weighted by atomic mass is 19.3. The Morgan fingerprint density at radius 3 is 2.82 bits per heavy atom. The van der Waals surface area contributed by atoms with Gasteiger partial charge in [-0.1, -0.05) is 18.2 Å². The van der Waals surface area contributed by atoms with Gasteiger partial charge in [-0.15, -0.1) is 0 Å². The first kappa shape index (κ1) is 12.8. The number of hydrogen-bond donors (Lipinski definition) is 1. The molecule has 1 aromatic heterocycles. The van der Waals surface area contributed by atoms with Crippen molar-refractivity contribution in [3.05, 3.63) is 59.3 Å². The molecule has 2 aromatic carbocycles. The minimum atomic E-state index is -2.91. The third-order valence-electron chi connectivity index (χ3n) is 4.97. The van der Waals surface area contributed by atoms with Crippen LogP contribution in [-0.2, 0) is 19.3 Å². The van der Waals surface area contributed by atoms with Gasteiger partial charge in [-0.3, -0.25) is 0 Å². The Kier molecular flexibility index (Phi) is 3.56. The van der Waals surface area contributed by atoms with Crippen molar-refractivity contribution in [3.63, 3.8) is 0 Å². The van der Waals surface area contributed by atoms with Gasteiger partial charge in [-0.2, -0.15) is 8.78 Å². The first-order valence-electron chi connectivity index (χ1n) is 12.0. The fourth-order valence-electron chi connectivity index (χ4n) is 3.80. The van der Waals surface area contributed by atoms with Crippen molar-refractivity contribution in [1.82, 2.24) is 9.88 Å². The summed E-state index contributed by atoms with van der Waals surface area (Å²) in [4.78, 5) is 3.65. The van der Waals surface area contributed by atoms with E-state index in [-0.39, 0.29) is 24.8 Å². The molecule has 1 aliphatic rings. The first-order valence-corrected chi connectivity index (χ1v) is 9.02. The summed E-state index contributed by atoms with van der Waals surface area (Å²) in [6, 6.07) is 10.5. The fraction of sp³-hybridized carbons (Fsp3) is 0.364. The van der Waals surface area contributed by atoms with Gasteiger partial charge in [0.15, 0.2) is 0 Å². The number of aromatic amines is 1. The lowest BCUT2D eigenvalue weighted by Crippen LogP contribution is -2.17. The molecule has 0 fully saturated rings. The van der Waals surface area contributed by atoms with Crippen LogP contribution in [0.5, 0.6) is 11.5 Å². The molecular formula is C22H24F2N2O2. The average molecular weight is 392 g/mol. The van der Waals surface area contributed by atoms with E-state index in [2.05, 4.69) is 9.72 Å². The zero-order valence-electron chi connectivity index (χ0n) is 21.0. The molecule has 1 heterocycles. The van der Waals surface area contributed by atoms with E-state index in [1.54, 1.807) is 18.3 Å². The molecule has 0 bridgehead atoms. The van der Waals surface area contributed by atoms with Crippen LogP contribution in [0.1, 0.15) is 24.9 Å². The maximum atomic E-state index is 12.8. The van der Waals surface area contributed by atoms with Crippen LogP contribution >= 0.6 is 0 Å². The lowest BCUT2D eigenvalue weighted by molar-refractivity contribution is -0.0505. The van der Waals surface area contributed by atoms with E-state index in [9.17, 15) is 8.78 Å². The van der Waals surface area contributed by atoms with Crippen molar-refractivity contribution in [2.75, 3.05) is 20.5 Å². The molecule has 1 N–H and O–H groups in total. The molecule has 1 aliphatic carbocycles. The number of H-pyrrole nitrogens is 1. The zero-order valence-corrected chi connectivity index (χ0v) is 15.0. The number of halogens is 2. The fourth-order valence-corrected chi connectivity index (χ4v) is 3.80. The number of alkyl halides is 2. The van der Waals surface area contributed by atoms with Crippen LogP contribution in [0.3, 0.4) is 0 Å². The molecule has 28 heavy (non-hydrogen) atoms. The Balaban J connectivity index is 1.55. The quantitative estimate of drug-likeness (QED) is 0.647. The molecular weight excluding hydrogens is 362 g/mol. The van der Waals surface area contributed by atoms with Crippen molar-refractivity contribution in [2.45, 2.75) is 32.0 Å². The predicted molar refractivity (Wildman–Crippen MR) is 105 cm³/mol. The lowest BCUT2D eigenvalue weighted by atomic mass is 10.1. The van der Waals surface area contributed by atoms with E-state index in [1.807, 2.05) is 18.2 Å². The molecule has 4 nitrogen and oxygen atoms in total. The normalized spacial score (nSPS) is 20.2. The summed E-state index contributed by atoms with van der Waals surface area (Å²) in [5.41, 5.74) is 3.07. The van der Waals surface area contributed by atoms with E-state index in [4.69, 9.17) is 13.0 Å². The van der Waals surface area contributed by atoms with Crippen LogP contribution < -0.4 is 9.47 Å². The number of nitrogens with one attached hydrogen (secondary N) is 1. The van der Waals surface area contributed by atoms with Crippen molar-refractivity contribution < 1.29 is 26.5 Å². The number of aromatic nitrogens is 1. The largest absolute Gasteiger partial charge is 0.489 e. The summed E-state index contributed by atoms with van der Waals surface area (Å²) in [5, 5.41) is 0.735. The van der Waals surface area contributed by atoms with Gasteiger partial charge in [0.05, 0.1) is 0 Å². The molecule has 0 radical (unpaired) electrons. The number of ether oxygens (including phenoxy) is 2. The van der Waals surface area contributed by atoms with Crippen molar-refractivity contribution in [3.8, 4) is 11.5 Å². The van der Waals surface area contributed by atoms with Crippen LogP contribution in [-0.4, -0.2) is 43.1 Å². The summed E-state index contributed by atoms with van der Waals surface area (Å²) in [6.07, 6.45) is 2.52. The highest BCUT2D eigenvalue weighted by molar-refractivity contribution is 5.89. The Bertz CT molecular complexity index is 1150. The molecule has 1 atom stereocenters. The van der Waals surface area contributed by atoms with E-state index in [0.29, 0.717) is 29.1 Å². The summed E-state index contributed by atoms with van der Waals surface area (Å²) in [5.74, 6) is 0.700. The SMILES string of the molecule is [2H]C([2H])([2H])N(CCc1c[nH]c2cccc(O[C@@H]3Cc4cccc(OC(F)F)c4C3)c12)C([2H])([2H])[2H]. The number of nitrogens with zero attached hydrogens (tertiary/aromatic N) is 1. The highest BCUT2D eigenvalue weighted by Gasteiger charge is 2.27. The second-order valence-corrected chi connectivity index (χ2v) is 6.81. The van der Waals surface area contributed by atoms with E-state index >= 15 is 0 Å². The minimum absolute atomic E-state index is 0.147. The second-order valence-electron chi connectivity index (χ2n) is 6.81. The summed E-state index contributed by atoms with van der Waals surface area (Å²) in [6.45, 7) is -8.63. The summed E-state index contributed by atoms with van der Waals surface area (Å²) >= 11 is 0. The van der Waals surface area contributed by atoms with Crippen LogP contribution in [0, 0.1) is 0 Å². The Hall–Kier alpha value is -2.60. The van der Waals surface area contributed by atoms with Gasteiger partial charge in [-0.05, 0) is 49.7 Å². The monoisotopic (exact) mass is 392 g/mol. The molecule has 148 valence electrons. The van der Waals surface area contributed by atoms with Crippen LogP contribution in [0.15, 0.2) is 42.6 Å². The van der Waals surface area contributed by atoms with Crippen LogP contribution in [0.2, 0.25) is 0 Å². The third kappa shape index (κ3) is 3.83. The maximum absolute atomic E-state index is 12.8. The van der Waals surface area contributed by atoms with Gasteiger partial charge in [0.1, 0.15) is 17.6 Å². The molecule has 0 aliphatic heterocycles. The Morgan fingerprint density at radius 1 is 1.18 bits per heavy atom. The molecule has 0 spiro atoms. The summed E-state index contributed by atoms with van der Waals surface area (Å²) in [7, 11) is 0. The van der Waals surface area contributed by atoms with Crippen molar-refractivity contribution in [1.29, 1.82) is 0 Å². The van der Waals surface area contributed by atoms with Crippen molar-refractivity contribution in [2.24, 2.45) is 0 Å². The number of likely N-dealkylation sites (N-methyl/N-ethyl adjacent to an activating group) is 1. The predicted octanol–water partition coefficient (Wildman–Crippen LogP) is 4.42. The smallest absolute Gasteiger partial charge is 0.387 e. The van der Waals surface area contributed by atoms with Crippen LogP contribution in [0.4, 0.5) is 8.78 Å². The first-order chi connectivity index (χ1) is 15.9. The highest BCUT2D eigenvalue weighted by Crippen LogP contribution is 2.36. The number of rotatable bonds is 7. The van der Waals surface area contributed by atoms with Crippen LogP contribution in [0.25, 0.3) is 10.9 Å². The van der Waals surface area contributed by atoms with Gasteiger partial charge >= 0.3 is 6.61 Å². The van der Waals surface area contributed by atoms with Gasteiger partial charge in [0.2, 0.25) is 0 Å². The number of benzene rings is 2. The van der Waals surface area contributed by atoms with Gasteiger partial charge in [0, 0.05) is 50.3 Å². The maximum Gasteiger partial charge on any atom is 0.387 e. The minimum Gasteiger partial charge on any atom is -0.489 e. The van der Waals surface area contributed by atoms with E-state index in [1.165, 1.54) is 6.07 Å². The molecule has 0 saturated carbocycles. The molecule has 0 amide bonds. The number of fused-ring (bicyclic) bond motifs is 2. The van der Waals surface area contributed by atoms with Crippen molar-refractivity contribution >= 4 is 10.9 Å².